The third-order valence-electron chi connectivity index (χ3n) is 5.28. The predicted molar refractivity (Wildman–Crippen MR) is 127 cm³/mol. The van der Waals surface area contributed by atoms with Gasteiger partial charge in [-0.05, 0) is 11.1 Å². The van der Waals surface area contributed by atoms with Crippen LogP contribution in [0.1, 0.15) is 17.2 Å². The predicted octanol–water partition coefficient (Wildman–Crippen LogP) is 4.91. The van der Waals surface area contributed by atoms with Crippen molar-refractivity contribution in [2.45, 2.75) is 6.04 Å². The lowest BCUT2D eigenvalue weighted by Gasteiger charge is -2.23. The minimum atomic E-state index is -3.13. The summed E-state index contributed by atoms with van der Waals surface area (Å²) in [6, 6.07) is 38.0. The van der Waals surface area contributed by atoms with Crippen LogP contribution in [0.2, 0.25) is 0 Å². The van der Waals surface area contributed by atoms with E-state index in [2.05, 4.69) is 5.32 Å². The molecule has 4 rings (SSSR count). The lowest BCUT2D eigenvalue weighted by molar-refractivity contribution is -0.119. The highest BCUT2D eigenvalue weighted by Gasteiger charge is 2.31. The maximum Gasteiger partial charge on any atom is 0.228 e. The van der Waals surface area contributed by atoms with Gasteiger partial charge >= 0.3 is 0 Å². The van der Waals surface area contributed by atoms with Crippen LogP contribution < -0.4 is 15.9 Å². The zero-order valence-corrected chi connectivity index (χ0v) is 18.0. The third kappa shape index (κ3) is 4.84. The normalized spacial score (nSPS) is 11.3. The molecule has 1 amide bonds. The van der Waals surface area contributed by atoms with Gasteiger partial charge in [0.1, 0.15) is 0 Å². The maximum absolute atomic E-state index is 14.2. The van der Waals surface area contributed by atoms with Gasteiger partial charge in [0.15, 0.2) is 7.14 Å². The van der Waals surface area contributed by atoms with Gasteiger partial charge in [0.05, 0.1) is 12.2 Å². The molecule has 4 aromatic rings. The fraction of sp³-hybridized carbons (Fsp3) is 0.0741. The smallest absolute Gasteiger partial charge is 0.228 e. The Morgan fingerprint density at radius 1 is 0.613 bits per heavy atom. The molecule has 4 aromatic carbocycles. The number of amides is 1. The topological polar surface area (TPSA) is 46.2 Å². The number of carbonyl (C=O) groups is 1. The Labute approximate surface area is 183 Å². The summed E-state index contributed by atoms with van der Waals surface area (Å²) in [5.41, 5.74) is 1.97. The first-order valence-electron chi connectivity index (χ1n) is 10.3. The van der Waals surface area contributed by atoms with Crippen molar-refractivity contribution in [3.8, 4) is 0 Å². The Morgan fingerprint density at radius 3 is 1.35 bits per heavy atom. The molecule has 0 saturated heterocycles. The van der Waals surface area contributed by atoms with Gasteiger partial charge in [-0.2, -0.15) is 0 Å². The summed E-state index contributed by atoms with van der Waals surface area (Å²) in [5, 5.41) is 4.51. The van der Waals surface area contributed by atoms with E-state index in [1.807, 2.05) is 121 Å². The van der Waals surface area contributed by atoms with Crippen molar-refractivity contribution >= 4 is 23.7 Å². The number of nitrogens with one attached hydrogen (secondary N) is 1. The van der Waals surface area contributed by atoms with Gasteiger partial charge in [-0.15, -0.1) is 0 Å². The molecule has 0 heterocycles. The van der Waals surface area contributed by atoms with E-state index in [4.69, 9.17) is 0 Å². The highest BCUT2D eigenvalue weighted by atomic mass is 31.2. The van der Waals surface area contributed by atoms with E-state index >= 15 is 0 Å². The maximum atomic E-state index is 14.2. The Kier molecular flexibility index (Phi) is 6.45. The molecule has 3 nitrogen and oxygen atoms in total. The van der Waals surface area contributed by atoms with Gasteiger partial charge in [-0.25, -0.2) is 0 Å². The van der Waals surface area contributed by atoms with Crippen molar-refractivity contribution in [3.05, 3.63) is 132 Å². The molecule has 31 heavy (non-hydrogen) atoms. The highest BCUT2D eigenvalue weighted by molar-refractivity contribution is 7.79. The van der Waals surface area contributed by atoms with Crippen LogP contribution in [0.5, 0.6) is 0 Å². The van der Waals surface area contributed by atoms with Crippen LogP contribution in [0.4, 0.5) is 0 Å². The molecule has 0 bridgehead atoms. The minimum absolute atomic E-state index is 0.0861. The zero-order chi connectivity index (χ0) is 21.5. The SMILES string of the molecule is O=C(CP(=O)(c1ccccc1)c1ccccc1)NC(c1ccccc1)c1ccccc1. The van der Waals surface area contributed by atoms with Crippen molar-refractivity contribution in [3.63, 3.8) is 0 Å². The molecule has 0 saturated carbocycles. The molecule has 154 valence electrons. The van der Waals surface area contributed by atoms with Gasteiger partial charge in [0, 0.05) is 10.6 Å². The summed E-state index contributed by atoms with van der Waals surface area (Å²) in [4.78, 5) is 13.3. The van der Waals surface area contributed by atoms with Gasteiger partial charge in [0.2, 0.25) is 5.91 Å². The Balaban J connectivity index is 1.66. The lowest BCUT2D eigenvalue weighted by atomic mass is 9.99. The first-order chi connectivity index (χ1) is 15.2. The number of rotatable bonds is 7. The number of benzene rings is 4. The molecule has 0 spiro atoms. The molecule has 0 aromatic heterocycles. The van der Waals surface area contributed by atoms with Crippen molar-refractivity contribution in [2.75, 3.05) is 6.16 Å². The van der Waals surface area contributed by atoms with Crippen LogP contribution in [-0.4, -0.2) is 12.1 Å². The molecule has 0 atom stereocenters. The molecule has 0 aliphatic heterocycles. The average Bonchev–Trinajstić information content (AvgIpc) is 2.84. The molecule has 0 radical (unpaired) electrons. The van der Waals surface area contributed by atoms with Crippen LogP contribution in [0, 0.1) is 0 Å². The molecular weight excluding hydrogens is 401 g/mol. The summed E-state index contributed by atoms with van der Waals surface area (Å²) in [6.07, 6.45) is -0.0861. The molecule has 4 heteroatoms. The van der Waals surface area contributed by atoms with E-state index in [1.165, 1.54) is 0 Å². The Hall–Kier alpha value is -3.42. The number of hydrogen-bond donors (Lipinski definition) is 1. The van der Waals surface area contributed by atoms with Crippen LogP contribution in [0.15, 0.2) is 121 Å². The monoisotopic (exact) mass is 425 g/mol. The molecule has 0 fully saturated rings. The minimum Gasteiger partial charge on any atom is -0.345 e. The van der Waals surface area contributed by atoms with Crippen molar-refractivity contribution < 1.29 is 9.36 Å². The van der Waals surface area contributed by atoms with Crippen molar-refractivity contribution in [1.82, 2.24) is 5.32 Å². The van der Waals surface area contributed by atoms with Gasteiger partial charge in [-0.3, -0.25) is 4.79 Å². The summed E-state index contributed by atoms with van der Waals surface area (Å²) < 4.78 is 14.2. The van der Waals surface area contributed by atoms with Crippen LogP contribution in [-0.2, 0) is 9.36 Å². The third-order valence-corrected chi connectivity index (χ3v) is 8.28. The summed E-state index contributed by atoms with van der Waals surface area (Å²) in [6.45, 7) is 0. The second kappa shape index (κ2) is 9.59. The van der Waals surface area contributed by atoms with Crippen LogP contribution in [0.3, 0.4) is 0 Å². The fourth-order valence-corrected chi connectivity index (χ4v) is 6.19. The zero-order valence-electron chi connectivity index (χ0n) is 17.1. The first kappa shape index (κ1) is 20.8. The van der Waals surface area contributed by atoms with E-state index in [1.54, 1.807) is 0 Å². The lowest BCUT2D eigenvalue weighted by Crippen LogP contribution is -2.34. The van der Waals surface area contributed by atoms with E-state index in [-0.39, 0.29) is 18.1 Å². The van der Waals surface area contributed by atoms with Crippen LogP contribution >= 0.6 is 7.14 Å². The summed E-state index contributed by atoms with van der Waals surface area (Å²) in [7, 11) is -3.13. The number of hydrogen-bond acceptors (Lipinski definition) is 2. The van der Waals surface area contributed by atoms with E-state index in [9.17, 15) is 9.36 Å². The number of carbonyl (C=O) groups excluding carboxylic acids is 1. The second-order valence-corrected chi connectivity index (χ2v) is 10.2. The molecule has 0 aliphatic carbocycles. The summed E-state index contributed by atoms with van der Waals surface area (Å²) >= 11 is 0. The van der Waals surface area contributed by atoms with Crippen LogP contribution in [0.25, 0.3) is 0 Å². The van der Waals surface area contributed by atoms with E-state index in [0.29, 0.717) is 10.6 Å². The van der Waals surface area contributed by atoms with Gasteiger partial charge in [0.25, 0.3) is 0 Å². The highest BCUT2D eigenvalue weighted by Crippen LogP contribution is 2.43. The van der Waals surface area contributed by atoms with Gasteiger partial charge < -0.3 is 9.88 Å². The second-order valence-electron chi connectivity index (χ2n) is 7.39. The Bertz CT molecular complexity index is 1080. The largest absolute Gasteiger partial charge is 0.345 e. The van der Waals surface area contributed by atoms with Gasteiger partial charge in [-0.1, -0.05) is 121 Å². The molecule has 0 unspecified atom stereocenters. The Morgan fingerprint density at radius 2 is 0.968 bits per heavy atom. The first-order valence-corrected chi connectivity index (χ1v) is 12.2. The summed E-state index contributed by atoms with van der Waals surface area (Å²) in [5.74, 6) is -0.242. The van der Waals surface area contributed by atoms with E-state index in [0.717, 1.165) is 11.1 Å². The standard InChI is InChI=1S/C27H24NO2P/c29-26(28-27(22-13-5-1-6-14-22)23-15-7-2-8-16-23)21-31(30,24-17-9-3-10-18-24)25-19-11-4-12-20-25/h1-20,27H,21H2,(H,28,29). The fourth-order valence-electron chi connectivity index (χ4n) is 3.73. The quantitative estimate of drug-likeness (QED) is 0.428. The average molecular weight is 425 g/mol. The molecular formula is C27H24NO2P. The molecule has 1 N–H and O–H groups in total. The molecule has 0 aliphatic rings. The van der Waals surface area contributed by atoms with E-state index < -0.39 is 7.14 Å². The van der Waals surface area contributed by atoms with Crippen molar-refractivity contribution in [1.29, 1.82) is 0 Å². The van der Waals surface area contributed by atoms with Crippen molar-refractivity contribution in [2.24, 2.45) is 0 Å².